The summed E-state index contributed by atoms with van der Waals surface area (Å²) in [6.07, 6.45) is 5.51. The summed E-state index contributed by atoms with van der Waals surface area (Å²) in [6, 6.07) is 7.90. The Bertz CT molecular complexity index is 865. The largest absolute Gasteiger partial charge is 0.339 e. The van der Waals surface area contributed by atoms with Gasteiger partial charge in [-0.25, -0.2) is 12.7 Å². The summed E-state index contributed by atoms with van der Waals surface area (Å²) in [6.45, 7) is 5.32. The summed E-state index contributed by atoms with van der Waals surface area (Å²) < 4.78 is 26.9. The number of likely N-dealkylation sites (tertiary alicyclic amines) is 1. The first-order valence-corrected chi connectivity index (χ1v) is 12.7. The summed E-state index contributed by atoms with van der Waals surface area (Å²) in [5.74, 6) is 0.471. The normalized spacial score (nSPS) is 27.4. The first kappa shape index (κ1) is 21.1. The Labute approximate surface area is 179 Å². The van der Waals surface area contributed by atoms with E-state index in [1.807, 2.05) is 24.3 Å². The average molecular weight is 439 g/mol. The second-order valence-corrected chi connectivity index (χ2v) is 12.1. The molecule has 5 nitrogen and oxygen atoms in total. The standard InChI is InChI=1S/C22H31ClN2O3S/c1-16(2)29(27,28)24-14-10-20-17(15-24)5-3-13-25(20)21(26)22(11-4-12-22)18-6-8-19(23)9-7-18/h6-9,16-17,20H,3-5,10-15H2,1-2H3/t17-,20-/m1/s1. The number of piperidine rings is 2. The van der Waals surface area contributed by atoms with Gasteiger partial charge >= 0.3 is 0 Å². The molecule has 4 rings (SSSR count). The molecule has 0 spiro atoms. The fourth-order valence-electron chi connectivity index (χ4n) is 5.35. The van der Waals surface area contributed by atoms with Crippen molar-refractivity contribution in [3.8, 4) is 0 Å². The van der Waals surface area contributed by atoms with Crippen LogP contribution in [0.5, 0.6) is 0 Å². The molecule has 0 bridgehead atoms. The monoisotopic (exact) mass is 438 g/mol. The van der Waals surface area contributed by atoms with Gasteiger partial charge in [0.15, 0.2) is 0 Å². The molecule has 1 amide bonds. The lowest BCUT2D eigenvalue weighted by atomic mass is 9.63. The fourth-order valence-corrected chi connectivity index (χ4v) is 6.83. The van der Waals surface area contributed by atoms with Crippen molar-refractivity contribution in [3.63, 3.8) is 0 Å². The maximum Gasteiger partial charge on any atom is 0.233 e. The number of halogens is 1. The van der Waals surface area contributed by atoms with Crippen LogP contribution in [0.15, 0.2) is 24.3 Å². The van der Waals surface area contributed by atoms with Crippen LogP contribution in [-0.4, -0.2) is 54.5 Å². The molecule has 0 radical (unpaired) electrons. The minimum absolute atomic E-state index is 0.152. The van der Waals surface area contributed by atoms with Crippen molar-refractivity contribution in [2.45, 2.75) is 69.1 Å². The van der Waals surface area contributed by atoms with Crippen LogP contribution >= 0.6 is 11.6 Å². The molecule has 3 aliphatic rings. The maximum atomic E-state index is 13.8. The number of amides is 1. The number of fused-ring (bicyclic) bond motifs is 1. The van der Waals surface area contributed by atoms with E-state index in [0.29, 0.717) is 18.1 Å². The number of hydrogen-bond donors (Lipinski definition) is 0. The summed E-state index contributed by atoms with van der Waals surface area (Å²) in [7, 11) is -3.24. The predicted molar refractivity (Wildman–Crippen MR) is 115 cm³/mol. The molecule has 2 atom stereocenters. The van der Waals surface area contributed by atoms with E-state index in [4.69, 9.17) is 11.6 Å². The second-order valence-electron chi connectivity index (χ2n) is 9.15. The van der Waals surface area contributed by atoms with Crippen molar-refractivity contribution < 1.29 is 13.2 Å². The third-order valence-electron chi connectivity index (χ3n) is 7.26. The molecular formula is C22H31ClN2O3S. The van der Waals surface area contributed by atoms with Gasteiger partial charge in [0.2, 0.25) is 15.9 Å². The third-order valence-corrected chi connectivity index (χ3v) is 9.76. The molecule has 1 saturated carbocycles. The first-order valence-electron chi connectivity index (χ1n) is 10.8. The van der Waals surface area contributed by atoms with Crippen LogP contribution in [0.3, 0.4) is 0 Å². The topological polar surface area (TPSA) is 57.7 Å². The second kappa shape index (κ2) is 7.86. The number of hydrogen-bond acceptors (Lipinski definition) is 3. The molecule has 2 aliphatic heterocycles. The van der Waals surface area contributed by atoms with E-state index in [-0.39, 0.29) is 17.9 Å². The third kappa shape index (κ3) is 3.61. The Balaban J connectivity index is 1.55. The number of nitrogens with zero attached hydrogens (tertiary/aromatic N) is 2. The van der Waals surface area contributed by atoms with E-state index in [1.54, 1.807) is 18.2 Å². The highest BCUT2D eigenvalue weighted by molar-refractivity contribution is 7.89. The zero-order valence-corrected chi connectivity index (χ0v) is 18.9. The Kier molecular flexibility index (Phi) is 5.73. The highest BCUT2D eigenvalue weighted by Gasteiger charge is 2.51. The van der Waals surface area contributed by atoms with Crippen molar-refractivity contribution in [2.24, 2.45) is 5.92 Å². The van der Waals surface area contributed by atoms with Gasteiger partial charge in [-0.2, -0.15) is 0 Å². The van der Waals surface area contributed by atoms with E-state index >= 15 is 0 Å². The zero-order valence-electron chi connectivity index (χ0n) is 17.3. The molecule has 2 saturated heterocycles. The first-order chi connectivity index (χ1) is 13.8. The molecule has 2 heterocycles. The van der Waals surface area contributed by atoms with Crippen molar-refractivity contribution in [1.82, 2.24) is 9.21 Å². The summed E-state index contributed by atoms with van der Waals surface area (Å²) >= 11 is 6.07. The van der Waals surface area contributed by atoms with Crippen LogP contribution in [0.25, 0.3) is 0 Å². The van der Waals surface area contributed by atoms with Gasteiger partial charge in [0.05, 0.1) is 10.7 Å². The Morgan fingerprint density at radius 2 is 1.79 bits per heavy atom. The molecule has 160 valence electrons. The molecule has 1 aromatic rings. The number of carbonyl (C=O) groups is 1. The van der Waals surface area contributed by atoms with Gasteiger partial charge in [0.25, 0.3) is 0 Å². The summed E-state index contributed by atoms with van der Waals surface area (Å²) in [5, 5.41) is 0.288. The highest BCUT2D eigenvalue weighted by Crippen LogP contribution is 2.47. The SMILES string of the molecule is CC(C)S(=O)(=O)N1CC[C@@H]2[C@H](CCCN2C(=O)C2(c3ccc(Cl)cc3)CCC2)C1. The Morgan fingerprint density at radius 3 is 2.38 bits per heavy atom. The minimum Gasteiger partial charge on any atom is -0.339 e. The summed E-state index contributed by atoms with van der Waals surface area (Å²) in [5.41, 5.74) is 0.647. The van der Waals surface area contributed by atoms with Gasteiger partial charge in [-0.05, 0) is 69.6 Å². The quantitative estimate of drug-likeness (QED) is 0.718. The molecular weight excluding hydrogens is 408 g/mol. The smallest absolute Gasteiger partial charge is 0.233 e. The van der Waals surface area contributed by atoms with Gasteiger partial charge in [-0.3, -0.25) is 4.79 Å². The van der Waals surface area contributed by atoms with Crippen LogP contribution in [0, 0.1) is 5.92 Å². The van der Waals surface area contributed by atoms with Crippen molar-refractivity contribution >= 4 is 27.5 Å². The van der Waals surface area contributed by atoms with Gasteiger partial charge < -0.3 is 4.90 Å². The Morgan fingerprint density at radius 1 is 1.10 bits per heavy atom. The van der Waals surface area contributed by atoms with Gasteiger partial charge in [-0.1, -0.05) is 30.2 Å². The molecule has 7 heteroatoms. The van der Waals surface area contributed by atoms with Crippen LogP contribution in [-0.2, 0) is 20.2 Å². The van der Waals surface area contributed by atoms with E-state index < -0.39 is 20.7 Å². The van der Waals surface area contributed by atoms with Crippen molar-refractivity contribution in [2.75, 3.05) is 19.6 Å². The molecule has 29 heavy (non-hydrogen) atoms. The predicted octanol–water partition coefficient (Wildman–Crippen LogP) is 3.81. The minimum atomic E-state index is -3.24. The van der Waals surface area contributed by atoms with E-state index in [1.165, 1.54) is 0 Å². The van der Waals surface area contributed by atoms with Crippen LogP contribution in [0.1, 0.15) is 57.9 Å². The van der Waals surface area contributed by atoms with E-state index in [0.717, 1.165) is 50.6 Å². The van der Waals surface area contributed by atoms with Crippen LogP contribution in [0.4, 0.5) is 0 Å². The van der Waals surface area contributed by atoms with Crippen molar-refractivity contribution in [1.29, 1.82) is 0 Å². The van der Waals surface area contributed by atoms with Crippen molar-refractivity contribution in [3.05, 3.63) is 34.9 Å². The average Bonchev–Trinajstić information content (AvgIpc) is 2.67. The molecule has 1 aliphatic carbocycles. The molecule has 0 aromatic heterocycles. The number of rotatable bonds is 4. The molecule has 0 N–H and O–H groups in total. The maximum absolute atomic E-state index is 13.8. The highest BCUT2D eigenvalue weighted by atomic mass is 35.5. The van der Waals surface area contributed by atoms with Crippen LogP contribution in [0.2, 0.25) is 5.02 Å². The van der Waals surface area contributed by atoms with Gasteiger partial charge in [0.1, 0.15) is 0 Å². The lowest BCUT2D eigenvalue weighted by Gasteiger charge is -2.51. The van der Waals surface area contributed by atoms with Gasteiger partial charge in [-0.15, -0.1) is 0 Å². The number of sulfonamides is 1. The molecule has 3 fully saturated rings. The van der Waals surface area contributed by atoms with E-state index in [2.05, 4.69) is 4.90 Å². The summed E-state index contributed by atoms with van der Waals surface area (Å²) in [4.78, 5) is 15.9. The number of carbonyl (C=O) groups excluding carboxylic acids is 1. The lowest BCUT2D eigenvalue weighted by molar-refractivity contribution is -0.147. The molecule has 1 aromatic carbocycles. The zero-order chi connectivity index (χ0) is 20.8. The van der Waals surface area contributed by atoms with Crippen LogP contribution < -0.4 is 0 Å². The van der Waals surface area contributed by atoms with Gasteiger partial charge in [0, 0.05) is 30.7 Å². The lowest BCUT2D eigenvalue weighted by Crippen LogP contribution is -2.61. The Hall–Kier alpha value is -1.11. The fraction of sp³-hybridized carbons (Fsp3) is 0.682. The number of benzene rings is 1. The van der Waals surface area contributed by atoms with E-state index in [9.17, 15) is 13.2 Å². The molecule has 0 unspecified atom stereocenters.